The smallest absolute Gasteiger partial charge is 0.221 e. The van der Waals surface area contributed by atoms with Crippen molar-refractivity contribution in [2.45, 2.75) is 18.9 Å². The fraction of sp³-hybridized carbons (Fsp3) is 0.160. The highest BCUT2D eigenvalue weighted by Crippen LogP contribution is 2.25. The van der Waals surface area contributed by atoms with Crippen LogP contribution in [0.4, 0.5) is 0 Å². The molecule has 1 heterocycles. The summed E-state index contributed by atoms with van der Waals surface area (Å²) in [5.74, 6) is 0.507. The van der Waals surface area contributed by atoms with Gasteiger partial charge in [-0.05, 0) is 29.8 Å². The zero-order chi connectivity index (χ0) is 21.8. The predicted octanol–water partition coefficient (Wildman–Crippen LogP) is 5.20. The molecule has 5 nitrogen and oxygen atoms in total. The molecule has 4 aromatic rings. The van der Waals surface area contributed by atoms with Crippen molar-refractivity contribution >= 4 is 38.7 Å². The fourth-order valence-electron chi connectivity index (χ4n) is 3.61. The molecule has 0 radical (unpaired) electrons. The van der Waals surface area contributed by atoms with Gasteiger partial charge in [0.2, 0.25) is 5.91 Å². The second-order valence-corrected chi connectivity index (χ2v) is 8.27. The maximum Gasteiger partial charge on any atom is 0.221 e. The summed E-state index contributed by atoms with van der Waals surface area (Å²) in [6.45, 7) is 0. The zero-order valence-electron chi connectivity index (χ0n) is 17.1. The monoisotopic (exact) mass is 475 g/mol. The third-order valence-corrected chi connectivity index (χ3v) is 5.79. The van der Waals surface area contributed by atoms with Crippen molar-refractivity contribution < 1.29 is 9.59 Å². The van der Waals surface area contributed by atoms with E-state index in [1.54, 1.807) is 12.1 Å². The lowest BCUT2D eigenvalue weighted by molar-refractivity contribution is -0.121. The van der Waals surface area contributed by atoms with Crippen LogP contribution in [0.2, 0.25) is 0 Å². The van der Waals surface area contributed by atoms with Gasteiger partial charge in [0, 0.05) is 29.9 Å². The molecule has 1 amide bonds. The van der Waals surface area contributed by atoms with Gasteiger partial charge in [-0.1, -0.05) is 70.5 Å². The Balaban J connectivity index is 1.54. The van der Waals surface area contributed by atoms with Gasteiger partial charge < -0.3 is 9.88 Å². The van der Waals surface area contributed by atoms with Crippen LogP contribution in [0.3, 0.4) is 0 Å². The number of halogens is 1. The van der Waals surface area contributed by atoms with Crippen molar-refractivity contribution in [1.29, 1.82) is 0 Å². The molecule has 156 valence electrons. The summed E-state index contributed by atoms with van der Waals surface area (Å²) in [7, 11) is 1.95. The highest BCUT2D eigenvalue weighted by Gasteiger charge is 2.23. The third-order valence-electron chi connectivity index (χ3n) is 5.26. The number of aromatic nitrogens is 2. The summed E-state index contributed by atoms with van der Waals surface area (Å²) in [4.78, 5) is 30.0. The molecule has 0 aliphatic rings. The Hall–Kier alpha value is -3.25. The number of benzene rings is 3. The van der Waals surface area contributed by atoms with Gasteiger partial charge in [-0.25, -0.2) is 4.98 Å². The van der Waals surface area contributed by atoms with E-state index in [2.05, 4.69) is 21.2 Å². The first-order valence-electron chi connectivity index (χ1n) is 10.1. The van der Waals surface area contributed by atoms with E-state index in [0.29, 0.717) is 5.56 Å². The first-order chi connectivity index (χ1) is 15.0. The van der Waals surface area contributed by atoms with E-state index in [9.17, 15) is 9.59 Å². The molecule has 4 rings (SSSR count). The minimum Gasteiger partial charge on any atom is -0.342 e. The van der Waals surface area contributed by atoms with E-state index in [0.717, 1.165) is 26.9 Å². The molecular formula is C25H22BrN3O2. The van der Waals surface area contributed by atoms with Crippen LogP contribution in [-0.2, 0) is 11.8 Å². The Morgan fingerprint density at radius 1 is 0.935 bits per heavy atom. The number of aryl methyl sites for hydroxylation is 1. The van der Waals surface area contributed by atoms with E-state index in [1.165, 1.54) is 0 Å². The van der Waals surface area contributed by atoms with E-state index in [4.69, 9.17) is 4.98 Å². The number of Topliss-reactive ketones (excluding diaryl/α,β-unsaturated/α-hetero) is 1. The molecule has 1 unspecified atom stereocenters. The van der Waals surface area contributed by atoms with Crippen LogP contribution < -0.4 is 5.32 Å². The summed E-state index contributed by atoms with van der Waals surface area (Å²) in [6, 6.07) is 24.4. The average Bonchev–Trinajstić information content (AvgIpc) is 3.13. The molecule has 31 heavy (non-hydrogen) atoms. The number of rotatable bonds is 7. The molecule has 6 heteroatoms. The second-order valence-electron chi connectivity index (χ2n) is 7.36. The number of carbonyl (C=O) groups is 2. The molecule has 1 atom stereocenters. The van der Waals surface area contributed by atoms with Crippen LogP contribution in [-0.4, -0.2) is 21.2 Å². The van der Waals surface area contributed by atoms with E-state index in [-0.39, 0.29) is 24.5 Å². The highest BCUT2D eigenvalue weighted by molar-refractivity contribution is 9.10. The van der Waals surface area contributed by atoms with Crippen LogP contribution in [0, 0.1) is 0 Å². The van der Waals surface area contributed by atoms with Gasteiger partial charge in [0.05, 0.1) is 11.0 Å². The standard InChI is InChI=1S/C25H22BrN3O2/c1-29-21-10-6-5-9-20(21)27-25(29)24(18-7-3-2-4-8-18)28-23(31)16-15-22(30)17-11-13-19(26)14-12-17/h2-14,24H,15-16H2,1H3,(H,28,31). The van der Waals surface area contributed by atoms with Crippen molar-refractivity contribution in [3.63, 3.8) is 0 Å². The average molecular weight is 476 g/mol. The maximum atomic E-state index is 12.8. The molecule has 3 aromatic carbocycles. The van der Waals surface area contributed by atoms with Gasteiger partial charge in [0.25, 0.3) is 0 Å². The Labute approximate surface area is 189 Å². The molecule has 0 bridgehead atoms. The van der Waals surface area contributed by atoms with Crippen LogP contribution >= 0.6 is 15.9 Å². The topological polar surface area (TPSA) is 64.0 Å². The van der Waals surface area contributed by atoms with Gasteiger partial charge >= 0.3 is 0 Å². The first kappa shape index (κ1) is 21.0. The molecule has 0 aliphatic carbocycles. The molecule has 0 saturated carbocycles. The quantitative estimate of drug-likeness (QED) is 0.373. The second kappa shape index (κ2) is 9.27. The zero-order valence-corrected chi connectivity index (χ0v) is 18.7. The van der Waals surface area contributed by atoms with Crippen molar-refractivity contribution in [2.75, 3.05) is 0 Å². The van der Waals surface area contributed by atoms with Gasteiger partial charge in [-0.2, -0.15) is 0 Å². The van der Waals surface area contributed by atoms with Crippen LogP contribution in [0.15, 0.2) is 83.3 Å². The van der Waals surface area contributed by atoms with E-state index >= 15 is 0 Å². The maximum absolute atomic E-state index is 12.8. The van der Waals surface area contributed by atoms with Crippen molar-refractivity contribution in [2.24, 2.45) is 7.05 Å². The number of imidazole rings is 1. The number of carbonyl (C=O) groups excluding carboxylic acids is 2. The molecule has 0 fully saturated rings. The number of ketones is 1. The number of para-hydroxylation sites is 2. The molecule has 1 N–H and O–H groups in total. The lowest BCUT2D eigenvalue weighted by Crippen LogP contribution is -2.31. The van der Waals surface area contributed by atoms with Gasteiger partial charge in [-0.3, -0.25) is 9.59 Å². The summed E-state index contributed by atoms with van der Waals surface area (Å²) < 4.78 is 2.91. The molecule has 0 saturated heterocycles. The Bertz CT molecular complexity index is 1220. The minimum absolute atomic E-state index is 0.0540. The summed E-state index contributed by atoms with van der Waals surface area (Å²) in [6.07, 6.45) is 0.264. The number of nitrogens with one attached hydrogen (secondary N) is 1. The van der Waals surface area contributed by atoms with E-state index < -0.39 is 6.04 Å². The fourth-order valence-corrected chi connectivity index (χ4v) is 3.87. The van der Waals surface area contributed by atoms with Crippen LogP contribution in [0.1, 0.15) is 40.6 Å². The van der Waals surface area contributed by atoms with Crippen molar-refractivity contribution in [3.05, 3.63) is 100 Å². The Morgan fingerprint density at radius 3 is 2.32 bits per heavy atom. The SMILES string of the molecule is Cn1c(C(NC(=O)CCC(=O)c2ccc(Br)cc2)c2ccccc2)nc2ccccc21. The lowest BCUT2D eigenvalue weighted by atomic mass is 10.0. The van der Waals surface area contributed by atoms with Gasteiger partial charge in [-0.15, -0.1) is 0 Å². The van der Waals surface area contributed by atoms with Crippen molar-refractivity contribution in [3.8, 4) is 0 Å². The number of nitrogens with zero attached hydrogens (tertiary/aromatic N) is 2. The number of fused-ring (bicyclic) bond motifs is 1. The largest absolute Gasteiger partial charge is 0.342 e. The summed E-state index contributed by atoms with van der Waals surface area (Å²) in [5.41, 5.74) is 3.41. The predicted molar refractivity (Wildman–Crippen MR) is 125 cm³/mol. The number of hydrogen-bond donors (Lipinski definition) is 1. The van der Waals surface area contributed by atoms with Gasteiger partial charge in [0.1, 0.15) is 11.9 Å². The highest BCUT2D eigenvalue weighted by atomic mass is 79.9. The molecular weight excluding hydrogens is 454 g/mol. The van der Waals surface area contributed by atoms with Crippen LogP contribution in [0.25, 0.3) is 11.0 Å². The Kier molecular flexibility index (Phi) is 6.28. The first-order valence-corrected chi connectivity index (χ1v) is 10.9. The Morgan fingerprint density at radius 2 is 1.61 bits per heavy atom. The molecule has 1 aromatic heterocycles. The minimum atomic E-state index is -0.408. The number of amides is 1. The van der Waals surface area contributed by atoms with Crippen molar-refractivity contribution in [1.82, 2.24) is 14.9 Å². The van der Waals surface area contributed by atoms with E-state index in [1.807, 2.05) is 78.3 Å². The summed E-state index contributed by atoms with van der Waals surface area (Å²) >= 11 is 3.36. The van der Waals surface area contributed by atoms with Gasteiger partial charge in [0.15, 0.2) is 5.78 Å². The molecule has 0 aliphatic heterocycles. The van der Waals surface area contributed by atoms with Crippen LogP contribution in [0.5, 0.6) is 0 Å². The molecule has 0 spiro atoms. The lowest BCUT2D eigenvalue weighted by Gasteiger charge is -2.19. The number of hydrogen-bond acceptors (Lipinski definition) is 3. The summed E-state index contributed by atoms with van der Waals surface area (Å²) in [5, 5.41) is 3.09. The normalized spacial score (nSPS) is 11.9. The third kappa shape index (κ3) is 4.75.